The van der Waals surface area contributed by atoms with E-state index < -0.39 is 29.1 Å². The maximum absolute atomic E-state index is 13.3. The van der Waals surface area contributed by atoms with Gasteiger partial charge in [-0.1, -0.05) is 59.7 Å². The van der Waals surface area contributed by atoms with Crippen LogP contribution in [0.5, 0.6) is 11.5 Å². The third-order valence-electron chi connectivity index (χ3n) is 7.67. The van der Waals surface area contributed by atoms with E-state index in [1.54, 1.807) is 42.0 Å². The Morgan fingerprint density at radius 2 is 1.50 bits per heavy atom. The molecule has 10 heteroatoms. The molecule has 0 radical (unpaired) electrons. The highest BCUT2D eigenvalue weighted by molar-refractivity contribution is 5.91. The van der Waals surface area contributed by atoms with E-state index in [0.29, 0.717) is 17.2 Å². The standard InChI is InChI=1S/C34H48N4O6/c1-31(2,3)23-15-13-14-21(16-23)25-17-22-18-27(41-11)28(42-12)19-24(22)26(37-25)20-36-34(32(4,5)6,43-29(35)39)44-30(40)38(10)33(7,8)9/h13-19,36H,20H2,1-12H3,(H2,35,39). The van der Waals surface area contributed by atoms with Crippen LogP contribution in [0.15, 0.2) is 42.5 Å². The number of nitrogens with two attached hydrogens (primary N) is 1. The largest absolute Gasteiger partial charge is 0.493 e. The Bertz CT molecular complexity index is 1520. The average molecular weight is 609 g/mol. The summed E-state index contributed by atoms with van der Waals surface area (Å²) in [4.78, 5) is 32.1. The molecule has 0 aliphatic heterocycles. The molecule has 3 rings (SSSR count). The van der Waals surface area contributed by atoms with Crippen LogP contribution in [-0.2, 0) is 21.4 Å². The Balaban J connectivity index is 2.22. The van der Waals surface area contributed by atoms with E-state index in [1.165, 1.54) is 10.5 Å². The highest BCUT2D eigenvalue weighted by atomic mass is 16.8. The number of carbonyl (C=O) groups is 2. The van der Waals surface area contributed by atoms with Gasteiger partial charge >= 0.3 is 18.1 Å². The first-order valence-electron chi connectivity index (χ1n) is 14.6. The number of aromatic nitrogens is 1. The van der Waals surface area contributed by atoms with Crippen LogP contribution in [0.2, 0.25) is 0 Å². The van der Waals surface area contributed by atoms with Gasteiger partial charge in [-0.25, -0.2) is 14.9 Å². The van der Waals surface area contributed by atoms with Crippen molar-refractivity contribution in [2.75, 3.05) is 21.3 Å². The van der Waals surface area contributed by atoms with Gasteiger partial charge in [0.25, 0.3) is 0 Å². The van der Waals surface area contributed by atoms with E-state index in [4.69, 9.17) is 29.7 Å². The zero-order valence-electron chi connectivity index (χ0n) is 28.2. The van der Waals surface area contributed by atoms with Gasteiger partial charge in [0.05, 0.1) is 31.0 Å². The number of hydrogen-bond donors (Lipinski definition) is 2. The highest BCUT2D eigenvalue weighted by Gasteiger charge is 2.51. The number of pyridine rings is 1. The molecular formula is C34H48N4O6. The summed E-state index contributed by atoms with van der Waals surface area (Å²) in [5, 5.41) is 4.83. The van der Waals surface area contributed by atoms with E-state index in [1.807, 2.05) is 51.1 Å². The molecule has 44 heavy (non-hydrogen) atoms. The molecule has 240 valence electrons. The molecule has 1 heterocycles. The van der Waals surface area contributed by atoms with Gasteiger partial charge in [0.1, 0.15) is 0 Å². The quantitative estimate of drug-likeness (QED) is 0.263. The van der Waals surface area contributed by atoms with Crippen molar-refractivity contribution < 1.29 is 28.5 Å². The molecule has 1 unspecified atom stereocenters. The molecule has 0 aliphatic rings. The number of fused-ring (bicyclic) bond motifs is 1. The molecule has 3 aromatic rings. The molecule has 0 bridgehead atoms. The van der Waals surface area contributed by atoms with Crippen LogP contribution in [0.25, 0.3) is 22.0 Å². The molecule has 0 aliphatic carbocycles. The normalized spacial score (nSPS) is 13.6. The maximum atomic E-state index is 13.3. The van der Waals surface area contributed by atoms with Crippen molar-refractivity contribution in [2.45, 2.75) is 85.7 Å². The first-order chi connectivity index (χ1) is 20.2. The molecule has 0 spiro atoms. The lowest BCUT2D eigenvalue weighted by molar-refractivity contribution is -0.249. The number of amides is 2. The van der Waals surface area contributed by atoms with Gasteiger partial charge in [0.15, 0.2) is 11.5 Å². The van der Waals surface area contributed by atoms with E-state index in [2.05, 4.69) is 38.2 Å². The summed E-state index contributed by atoms with van der Waals surface area (Å²) < 4.78 is 22.8. The molecular weight excluding hydrogens is 560 g/mol. The molecule has 3 N–H and O–H groups in total. The summed E-state index contributed by atoms with van der Waals surface area (Å²) >= 11 is 0. The van der Waals surface area contributed by atoms with Crippen LogP contribution < -0.4 is 20.5 Å². The van der Waals surface area contributed by atoms with Crippen molar-refractivity contribution in [1.29, 1.82) is 0 Å². The zero-order chi connectivity index (χ0) is 33.3. The second-order valence-electron chi connectivity index (χ2n) is 14.0. The molecule has 0 saturated carbocycles. The number of methoxy groups -OCH3 is 2. The Labute approximate surface area is 261 Å². The van der Waals surface area contributed by atoms with E-state index >= 15 is 0 Å². The van der Waals surface area contributed by atoms with Gasteiger partial charge < -0.3 is 29.6 Å². The minimum absolute atomic E-state index is 0.0375. The molecule has 10 nitrogen and oxygen atoms in total. The minimum atomic E-state index is -1.94. The van der Waals surface area contributed by atoms with Crippen molar-refractivity contribution in [1.82, 2.24) is 15.2 Å². The summed E-state index contributed by atoms with van der Waals surface area (Å²) in [6, 6.07) is 14.0. The van der Waals surface area contributed by atoms with E-state index in [0.717, 1.165) is 22.0 Å². The predicted octanol–water partition coefficient (Wildman–Crippen LogP) is 6.97. The lowest BCUT2D eigenvalue weighted by atomic mass is 9.86. The predicted molar refractivity (Wildman–Crippen MR) is 173 cm³/mol. The molecule has 1 aromatic heterocycles. The lowest BCUT2D eigenvalue weighted by Crippen LogP contribution is -2.62. The van der Waals surface area contributed by atoms with Crippen LogP contribution in [-0.4, -0.2) is 54.8 Å². The topological polar surface area (TPSA) is 125 Å². The van der Waals surface area contributed by atoms with Crippen molar-refractivity contribution in [3.05, 3.63) is 53.7 Å². The summed E-state index contributed by atoms with van der Waals surface area (Å²) in [6.07, 6.45) is -1.80. The smallest absolute Gasteiger partial charge is 0.414 e. The zero-order valence-corrected chi connectivity index (χ0v) is 28.2. The maximum Gasteiger partial charge on any atom is 0.414 e. The third kappa shape index (κ3) is 7.53. The monoisotopic (exact) mass is 608 g/mol. The van der Waals surface area contributed by atoms with Crippen LogP contribution in [0, 0.1) is 5.41 Å². The van der Waals surface area contributed by atoms with Crippen molar-refractivity contribution >= 4 is 23.0 Å². The molecule has 2 aromatic carbocycles. The number of carbonyl (C=O) groups excluding carboxylic acids is 2. The van der Waals surface area contributed by atoms with Crippen LogP contribution >= 0.6 is 0 Å². The molecule has 0 fully saturated rings. The number of nitrogens with one attached hydrogen (secondary N) is 1. The average Bonchev–Trinajstić information content (AvgIpc) is 2.92. The number of benzene rings is 2. The summed E-state index contributed by atoms with van der Waals surface area (Å²) in [5.74, 6) is -0.846. The molecule has 2 amide bonds. The fourth-order valence-corrected chi connectivity index (χ4v) is 4.55. The Morgan fingerprint density at radius 3 is 2.02 bits per heavy atom. The van der Waals surface area contributed by atoms with E-state index in [9.17, 15) is 9.59 Å². The Morgan fingerprint density at radius 1 is 0.886 bits per heavy atom. The molecule has 1 atom stereocenters. The lowest BCUT2D eigenvalue weighted by Gasteiger charge is -2.44. The fourth-order valence-electron chi connectivity index (χ4n) is 4.55. The van der Waals surface area contributed by atoms with Crippen LogP contribution in [0.4, 0.5) is 9.59 Å². The molecule has 0 saturated heterocycles. The second-order valence-corrected chi connectivity index (χ2v) is 14.0. The highest BCUT2D eigenvalue weighted by Crippen LogP contribution is 2.38. The number of hydrogen-bond acceptors (Lipinski definition) is 8. The summed E-state index contributed by atoms with van der Waals surface area (Å²) in [7, 11) is 4.77. The van der Waals surface area contributed by atoms with Crippen molar-refractivity contribution in [3.63, 3.8) is 0 Å². The van der Waals surface area contributed by atoms with Crippen molar-refractivity contribution in [2.24, 2.45) is 11.1 Å². The van der Waals surface area contributed by atoms with E-state index in [-0.39, 0.29) is 12.0 Å². The number of nitrogens with zero attached hydrogens (tertiary/aromatic N) is 2. The van der Waals surface area contributed by atoms with Gasteiger partial charge in [0, 0.05) is 30.1 Å². The first-order valence-corrected chi connectivity index (χ1v) is 14.6. The first kappa shape index (κ1) is 34.4. The number of ether oxygens (including phenoxy) is 4. The van der Waals surface area contributed by atoms with Gasteiger partial charge in [-0.05, 0) is 61.4 Å². The van der Waals surface area contributed by atoms with Crippen LogP contribution in [0.1, 0.15) is 73.6 Å². The van der Waals surface area contributed by atoms with Gasteiger partial charge in [-0.15, -0.1) is 0 Å². The Hall–Kier alpha value is -4.05. The summed E-state index contributed by atoms with van der Waals surface area (Å²) in [6.45, 7) is 17.5. The number of primary amides is 1. The third-order valence-corrected chi connectivity index (χ3v) is 7.67. The van der Waals surface area contributed by atoms with Gasteiger partial charge in [-0.2, -0.15) is 0 Å². The Kier molecular flexibility index (Phi) is 9.80. The van der Waals surface area contributed by atoms with Crippen molar-refractivity contribution in [3.8, 4) is 22.8 Å². The summed E-state index contributed by atoms with van der Waals surface area (Å²) in [5.41, 5.74) is 7.40. The van der Waals surface area contributed by atoms with Gasteiger partial charge in [-0.3, -0.25) is 4.98 Å². The minimum Gasteiger partial charge on any atom is -0.493 e. The number of rotatable bonds is 8. The van der Waals surface area contributed by atoms with Gasteiger partial charge in [0.2, 0.25) is 0 Å². The fraction of sp³-hybridized carbons (Fsp3) is 0.500. The second kappa shape index (κ2) is 12.5. The SMILES string of the molecule is COc1cc2cc(-c3cccc(C(C)(C)C)c3)nc(CNC(OC(N)=O)(OC(=O)N(C)C(C)(C)C)C(C)(C)C)c2cc1OC. The van der Waals surface area contributed by atoms with Crippen LogP contribution in [0.3, 0.4) is 0 Å².